The molecule has 3 N–H and O–H groups in total. The van der Waals surface area contributed by atoms with E-state index in [1.807, 2.05) is 6.92 Å². The molecule has 5 heteroatoms. The lowest BCUT2D eigenvalue weighted by Crippen LogP contribution is -2.26. The van der Waals surface area contributed by atoms with Crippen molar-refractivity contribution in [1.29, 1.82) is 0 Å². The van der Waals surface area contributed by atoms with Crippen LogP contribution in [0.5, 0.6) is 0 Å². The summed E-state index contributed by atoms with van der Waals surface area (Å²) in [6.45, 7) is 3.83. The number of carbonyl (C=O) groups excluding carboxylic acids is 1. The highest BCUT2D eigenvalue weighted by Gasteiger charge is 2.10. The Labute approximate surface area is 118 Å². The Balaban J connectivity index is 2.67. The minimum atomic E-state index is -0.431. The maximum atomic E-state index is 13.2. The van der Waals surface area contributed by atoms with Gasteiger partial charge in [0.25, 0.3) is 5.91 Å². The van der Waals surface area contributed by atoms with Crippen LogP contribution in [0.1, 0.15) is 29.3 Å². The molecule has 0 aliphatic heterocycles. The number of rotatable bonds is 6. The second-order valence-electron chi connectivity index (χ2n) is 4.00. The Hall–Kier alpha value is -1.90. The Morgan fingerprint density at radius 3 is 3.00 bits per heavy atom. The van der Waals surface area contributed by atoms with Gasteiger partial charge in [0.05, 0.1) is 12.1 Å². The van der Waals surface area contributed by atoms with Crippen LogP contribution in [0.4, 0.5) is 4.39 Å². The lowest BCUT2D eigenvalue weighted by atomic mass is 10.1. The molecule has 1 amide bonds. The Kier molecular flexibility index (Phi) is 7.33. The lowest BCUT2D eigenvalue weighted by molar-refractivity contribution is 0.0944. The SMILES string of the molecule is CCOCCCNC(=O)c1ccc(F)cc1C#CCN. The number of halogens is 1. The first kappa shape index (κ1) is 16.2. The van der Waals surface area contributed by atoms with Crippen LogP contribution in [0.2, 0.25) is 0 Å². The quantitative estimate of drug-likeness (QED) is 0.609. The molecule has 0 fully saturated rings. The van der Waals surface area contributed by atoms with Gasteiger partial charge in [-0.15, -0.1) is 0 Å². The van der Waals surface area contributed by atoms with Gasteiger partial charge in [-0.1, -0.05) is 11.8 Å². The van der Waals surface area contributed by atoms with Crippen molar-refractivity contribution in [1.82, 2.24) is 5.32 Å². The number of hydrogen-bond acceptors (Lipinski definition) is 3. The predicted octanol–water partition coefficient (Wildman–Crippen LogP) is 1.29. The molecule has 0 saturated heterocycles. The molecular formula is C15H19FN2O2. The maximum absolute atomic E-state index is 13.2. The van der Waals surface area contributed by atoms with Gasteiger partial charge in [0.15, 0.2) is 0 Å². The van der Waals surface area contributed by atoms with Crippen LogP contribution in [0.15, 0.2) is 18.2 Å². The molecule has 108 valence electrons. The molecule has 0 aromatic heterocycles. The summed E-state index contributed by atoms with van der Waals surface area (Å²) < 4.78 is 18.4. The van der Waals surface area contributed by atoms with Crippen molar-refractivity contribution < 1.29 is 13.9 Å². The van der Waals surface area contributed by atoms with E-state index in [1.165, 1.54) is 18.2 Å². The predicted molar refractivity (Wildman–Crippen MR) is 75.8 cm³/mol. The molecule has 0 bridgehead atoms. The average molecular weight is 278 g/mol. The van der Waals surface area contributed by atoms with Gasteiger partial charge in [-0.3, -0.25) is 4.79 Å². The zero-order chi connectivity index (χ0) is 14.8. The molecule has 0 aliphatic carbocycles. The molecule has 0 unspecified atom stereocenters. The molecule has 0 atom stereocenters. The highest BCUT2D eigenvalue weighted by Crippen LogP contribution is 2.10. The van der Waals surface area contributed by atoms with E-state index in [0.29, 0.717) is 30.9 Å². The van der Waals surface area contributed by atoms with Gasteiger partial charge in [0, 0.05) is 25.3 Å². The fourth-order valence-electron chi connectivity index (χ4n) is 1.58. The van der Waals surface area contributed by atoms with Gasteiger partial charge in [0.2, 0.25) is 0 Å². The first-order valence-corrected chi connectivity index (χ1v) is 6.53. The Morgan fingerprint density at radius 2 is 2.30 bits per heavy atom. The molecule has 0 radical (unpaired) electrons. The molecule has 1 aromatic carbocycles. The average Bonchev–Trinajstić information content (AvgIpc) is 2.44. The summed E-state index contributed by atoms with van der Waals surface area (Å²) in [5.74, 6) is 4.62. The van der Waals surface area contributed by atoms with Crippen LogP contribution in [0.25, 0.3) is 0 Å². The van der Waals surface area contributed by atoms with E-state index >= 15 is 0 Å². The summed E-state index contributed by atoms with van der Waals surface area (Å²) in [6, 6.07) is 3.90. The Bertz CT molecular complexity index is 506. The van der Waals surface area contributed by atoms with E-state index < -0.39 is 5.82 Å². The number of carbonyl (C=O) groups is 1. The fraction of sp³-hybridized carbons (Fsp3) is 0.400. The van der Waals surface area contributed by atoms with Crippen molar-refractivity contribution in [3.8, 4) is 11.8 Å². The monoisotopic (exact) mass is 278 g/mol. The molecular weight excluding hydrogens is 259 g/mol. The highest BCUT2D eigenvalue weighted by molar-refractivity contribution is 5.96. The first-order valence-electron chi connectivity index (χ1n) is 6.53. The maximum Gasteiger partial charge on any atom is 0.252 e. The van der Waals surface area contributed by atoms with Crippen LogP contribution >= 0.6 is 0 Å². The van der Waals surface area contributed by atoms with E-state index in [4.69, 9.17) is 10.5 Å². The second-order valence-corrected chi connectivity index (χ2v) is 4.00. The number of hydrogen-bond donors (Lipinski definition) is 2. The molecule has 1 rings (SSSR count). The number of benzene rings is 1. The Morgan fingerprint density at radius 1 is 1.50 bits per heavy atom. The van der Waals surface area contributed by atoms with Gasteiger partial charge in [-0.2, -0.15) is 0 Å². The van der Waals surface area contributed by atoms with E-state index in [1.54, 1.807) is 0 Å². The van der Waals surface area contributed by atoms with E-state index in [9.17, 15) is 9.18 Å². The normalized spacial score (nSPS) is 9.75. The van der Waals surface area contributed by atoms with Crippen molar-refractivity contribution in [2.45, 2.75) is 13.3 Å². The zero-order valence-corrected chi connectivity index (χ0v) is 11.5. The summed E-state index contributed by atoms with van der Waals surface area (Å²) >= 11 is 0. The van der Waals surface area contributed by atoms with Gasteiger partial charge in [0.1, 0.15) is 5.82 Å². The highest BCUT2D eigenvalue weighted by atomic mass is 19.1. The van der Waals surface area contributed by atoms with E-state index in [2.05, 4.69) is 17.2 Å². The summed E-state index contributed by atoms with van der Waals surface area (Å²) in [7, 11) is 0. The molecule has 0 saturated carbocycles. The largest absolute Gasteiger partial charge is 0.382 e. The summed E-state index contributed by atoms with van der Waals surface area (Å²) in [4.78, 5) is 12.0. The smallest absolute Gasteiger partial charge is 0.252 e. The molecule has 4 nitrogen and oxygen atoms in total. The third-order valence-electron chi connectivity index (χ3n) is 2.51. The minimum Gasteiger partial charge on any atom is -0.382 e. The topological polar surface area (TPSA) is 64.3 Å². The third-order valence-corrected chi connectivity index (χ3v) is 2.51. The van der Waals surface area contributed by atoms with Crippen LogP contribution < -0.4 is 11.1 Å². The van der Waals surface area contributed by atoms with Crippen molar-refractivity contribution in [3.63, 3.8) is 0 Å². The van der Waals surface area contributed by atoms with Crippen LogP contribution in [0, 0.1) is 17.7 Å². The molecule has 0 spiro atoms. The standard InChI is InChI=1S/C15H19FN2O2/c1-2-20-10-4-9-18-15(19)14-7-6-13(16)11-12(14)5-3-8-17/h6-7,11H,2,4,8-10,17H2,1H3,(H,18,19). The fourth-order valence-corrected chi connectivity index (χ4v) is 1.58. The van der Waals surface area contributed by atoms with Crippen molar-refractivity contribution in [2.24, 2.45) is 5.73 Å². The van der Waals surface area contributed by atoms with Gasteiger partial charge in [-0.05, 0) is 31.5 Å². The first-order chi connectivity index (χ1) is 9.69. The van der Waals surface area contributed by atoms with Gasteiger partial charge < -0.3 is 15.8 Å². The van der Waals surface area contributed by atoms with Crippen LogP contribution in [0.3, 0.4) is 0 Å². The van der Waals surface area contributed by atoms with Crippen molar-refractivity contribution >= 4 is 5.91 Å². The molecule has 0 heterocycles. The van der Waals surface area contributed by atoms with Gasteiger partial charge >= 0.3 is 0 Å². The van der Waals surface area contributed by atoms with Crippen molar-refractivity contribution in [2.75, 3.05) is 26.3 Å². The second kappa shape index (κ2) is 9.08. The minimum absolute atomic E-state index is 0.159. The third kappa shape index (κ3) is 5.39. The molecule has 20 heavy (non-hydrogen) atoms. The number of nitrogens with two attached hydrogens (primary N) is 1. The molecule has 1 aromatic rings. The molecule has 0 aliphatic rings. The summed E-state index contributed by atoms with van der Waals surface area (Å²) in [5, 5.41) is 2.75. The van der Waals surface area contributed by atoms with E-state index in [-0.39, 0.29) is 12.5 Å². The van der Waals surface area contributed by atoms with E-state index in [0.717, 1.165) is 6.42 Å². The van der Waals surface area contributed by atoms with Gasteiger partial charge in [-0.25, -0.2) is 4.39 Å². The number of ether oxygens (including phenoxy) is 1. The summed E-state index contributed by atoms with van der Waals surface area (Å²) in [6.07, 6.45) is 0.727. The zero-order valence-electron chi connectivity index (χ0n) is 11.5. The number of nitrogens with one attached hydrogen (secondary N) is 1. The van der Waals surface area contributed by atoms with Crippen molar-refractivity contribution in [3.05, 3.63) is 35.1 Å². The number of amides is 1. The summed E-state index contributed by atoms with van der Waals surface area (Å²) in [5.41, 5.74) is 5.98. The van der Waals surface area contributed by atoms with Crippen LogP contribution in [-0.2, 0) is 4.74 Å². The lowest BCUT2D eigenvalue weighted by Gasteiger charge is -2.07. The van der Waals surface area contributed by atoms with Crippen LogP contribution in [-0.4, -0.2) is 32.2 Å².